The first-order valence-electron chi connectivity index (χ1n) is 13.1. The van der Waals surface area contributed by atoms with Crippen LogP contribution in [0, 0.1) is 23.7 Å². The molecule has 3 heterocycles. The third-order valence-electron chi connectivity index (χ3n) is 7.20. The topological polar surface area (TPSA) is 91.1 Å². The second-order valence-corrected chi connectivity index (χ2v) is 9.85. The Bertz CT molecular complexity index is 1450. The Kier molecular flexibility index (Phi) is 7.42. The molecular formula is C31H34N6. The van der Waals surface area contributed by atoms with Crippen LogP contribution in [0.4, 0.5) is 0 Å². The van der Waals surface area contributed by atoms with E-state index in [4.69, 9.17) is 10.7 Å². The van der Waals surface area contributed by atoms with Crippen LogP contribution in [0.5, 0.6) is 0 Å². The summed E-state index contributed by atoms with van der Waals surface area (Å²) in [6.07, 6.45) is 8.20. The minimum Gasteiger partial charge on any atom is -0.386 e. The van der Waals surface area contributed by atoms with Crippen molar-refractivity contribution in [2.75, 3.05) is 13.1 Å². The number of rotatable bonds is 5. The highest BCUT2D eigenvalue weighted by Crippen LogP contribution is 2.32. The molecule has 1 aromatic heterocycles. The van der Waals surface area contributed by atoms with Gasteiger partial charge in [-0.3, -0.25) is 0 Å². The zero-order valence-electron chi connectivity index (χ0n) is 21.6. The molecule has 0 saturated carbocycles. The van der Waals surface area contributed by atoms with Gasteiger partial charge in [0, 0.05) is 0 Å². The molecule has 5 rings (SSSR count). The predicted molar refractivity (Wildman–Crippen MR) is 152 cm³/mol. The molecule has 6 nitrogen and oxygen atoms in total. The fraction of sp³-hybridized carbons (Fsp3) is 0.355. The Morgan fingerprint density at radius 3 is 2.65 bits per heavy atom. The monoisotopic (exact) mass is 490 g/mol. The van der Waals surface area contributed by atoms with Crippen molar-refractivity contribution in [2.24, 2.45) is 10.7 Å². The Morgan fingerprint density at radius 1 is 1.08 bits per heavy atom. The number of nitrogens with one attached hydrogen (secondary N) is 3. The van der Waals surface area contributed by atoms with E-state index in [2.05, 4.69) is 92.8 Å². The van der Waals surface area contributed by atoms with Crippen molar-refractivity contribution in [1.29, 1.82) is 0 Å². The molecule has 2 aromatic carbocycles. The van der Waals surface area contributed by atoms with Crippen LogP contribution in [0.25, 0.3) is 16.3 Å². The van der Waals surface area contributed by atoms with Gasteiger partial charge in [0.05, 0.1) is 18.3 Å². The van der Waals surface area contributed by atoms with Crippen molar-refractivity contribution in [3.8, 4) is 23.7 Å². The molecule has 2 fully saturated rings. The lowest BCUT2D eigenvalue weighted by Gasteiger charge is -2.25. The highest BCUT2D eigenvalue weighted by molar-refractivity contribution is 5.91. The van der Waals surface area contributed by atoms with Crippen molar-refractivity contribution in [1.82, 2.24) is 20.6 Å². The van der Waals surface area contributed by atoms with Gasteiger partial charge in [0.25, 0.3) is 0 Å². The largest absolute Gasteiger partial charge is 0.386 e. The second kappa shape index (κ2) is 11.0. The van der Waals surface area contributed by atoms with Crippen LogP contribution < -0.4 is 16.4 Å². The van der Waals surface area contributed by atoms with E-state index in [0.717, 1.165) is 55.0 Å². The van der Waals surface area contributed by atoms with Crippen molar-refractivity contribution in [2.45, 2.75) is 57.2 Å². The first-order chi connectivity index (χ1) is 18.1. The van der Waals surface area contributed by atoms with Gasteiger partial charge < -0.3 is 21.4 Å². The zero-order valence-corrected chi connectivity index (χ0v) is 21.6. The maximum Gasteiger partial charge on any atom is 0.146 e. The molecule has 2 saturated heterocycles. The third-order valence-corrected chi connectivity index (χ3v) is 7.20. The minimum atomic E-state index is -0.854. The van der Waals surface area contributed by atoms with E-state index < -0.39 is 5.54 Å². The Hall–Kier alpha value is -3.84. The van der Waals surface area contributed by atoms with E-state index in [-0.39, 0.29) is 12.1 Å². The molecule has 0 bridgehead atoms. The van der Waals surface area contributed by atoms with E-state index in [1.54, 1.807) is 6.20 Å². The molecule has 0 radical (unpaired) electrons. The fourth-order valence-electron chi connectivity index (χ4n) is 5.26. The summed E-state index contributed by atoms with van der Waals surface area (Å²) in [6.45, 7) is 6.03. The average Bonchev–Trinajstić information content (AvgIpc) is 3.69. The van der Waals surface area contributed by atoms with Gasteiger partial charge in [-0.25, -0.2) is 9.98 Å². The lowest BCUT2D eigenvalue weighted by molar-refractivity contribution is 0.612. The van der Waals surface area contributed by atoms with Gasteiger partial charge in [-0.1, -0.05) is 48.4 Å². The molecule has 5 N–H and O–H groups in total. The molecule has 2 aliphatic heterocycles. The number of amidine groups is 1. The summed E-state index contributed by atoms with van der Waals surface area (Å²) in [4.78, 5) is 12.8. The standard InChI is InChI=1S/C31H34N6/c1-3-26(24-16-15-22-10-4-5-11-23(22)20-24)31(2,37-29(32)27-13-8-18-33-27)17-7-6-12-25-21-35-30(36-25)28-14-9-19-34-28/h3-5,10-11,15-16,20-21,27-28,33-34H,8-9,13-14,18-19H2,1-2H3,(H2,32,37)(H,35,36)/b26-3-/t27-,28-,31?/m0/s1. The first kappa shape index (κ1) is 24.8. The van der Waals surface area contributed by atoms with Gasteiger partial charge in [-0.05, 0) is 98.4 Å². The SMILES string of the molecule is C/C=C(/c1ccc2ccccc2c1)C(C)(C#CC#Cc1cnc([C@@H]2CCCN2)[nH]1)/N=C(\N)[C@@H]1CCCN1. The Balaban J connectivity index is 1.47. The Morgan fingerprint density at radius 2 is 1.89 bits per heavy atom. The van der Waals surface area contributed by atoms with Crippen molar-refractivity contribution in [3.05, 3.63) is 71.8 Å². The van der Waals surface area contributed by atoms with Gasteiger partial charge >= 0.3 is 0 Å². The first-order valence-corrected chi connectivity index (χ1v) is 13.1. The molecule has 0 aliphatic carbocycles. The number of aromatic nitrogens is 2. The highest BCUT2D eigenvalue weighted by atomic mass is 15.0. The number of hydrogen-bond donors (Lipinski definition) is 4. The fourth-order valence-corrected chi connectivity index (χ4v) is 5.26. The van der Waals surface area contributed by atoms with Crippen molar-refractivity contribution < 1.29 is 0 Å². The number of H-pyrrole nitrogens is 1. The van der Waals surface area contributed by atoms with Crippen LogP contribution in [0.2, 0.25) is 0 Å². The molecular weight excluding hydrogens is 456 g/mol. The van der Waals surface area contributed by atoms with Crippen LogP contribution in [0.3, 0.4) is 0 Å². The number of nitrogens with zero attached hydrogens (tertiary/aromatic N) is 2. The number of fused-ring (bicyclic) bond motifs is 1. The summed E-state index contributed by atoms with van der Waals surface area (Å²) >= 11 is 0. The van der Waals surface area contributed by atoms with E-state index in [1.807, 2.05) is 13.8 Å². The van der Waals surface area contributed by atoms with E-state index in [0.29, 0.717) is 5.84 Å². The quantitative estimate of drug-likeness (QED) is 0.244. The normalized spacial score (nSPS) is 21.7. The summed E-state index contributed by atoms with van der Waals surface area (Å²) in [5.41, 5.74) is 8.51. The summed E-state index contributed by atoms with van der Waals surface area (Å²) in [7, 11) is 0. The van der Waals surface area contributed by atoms with Crippen LogP contribution in [0.15, 0.2) is 59.7 Å². The molecule has 0 spiro atoms. The number of aromatic amines is 1. The Labute approximate surface area is 219 Å². The van der Waals surface area contributed by atoms with Crippen LogP contribution in [-0.2, 0) is 0 Å². The average molecular weight is 491 g/mol. The molecule has 2 aliphatic rings. The molecule has 0 amide bonds. The van der Waals surface area contributed by atoms with Gasteiger partial charge in [0.15, 0.2) is 0 Å². The molecule has 188 valence electrons. The lowest BCUT2D eigenvalue weighted by atomic mass is 9.86. The minimum absolute atomic E-state index is 0.0783. The van der Waals surface area contributed by atoms with Crippen molar-refractivity contribution in [3.63, 3.8) is 0 Å². The van der Waals surface area contributed by atoms with Crippen LogP contribution in [-0.4, -0.2) is 40.5 Å². The number of allylic oxidation sites excluding steroid dienone is 1. The van der Waals surface area contributed by atoms with Crippen LogP contribution >= 0.6 is 0 Å². The lowest BCUT2D eigenvalue weighted by Crippen LogP contribution is -2.39. The highest BCUT2D eigenvalue weighted by Gasteiger charge is 2.30. The summed E-state index contributed by atoms with van der Waals surface area (Å²) in [5.74, 6) is 14.1. The van der Waals surface area contributed by atoms with Gasteiger partial charge in [0.1, 0.15) is 22.9 Å². The second-order valence-electron chi connectivity index (χ2n) is 9.85. The smallest absolute Gasteiger partial charge is 0.146 e. The maximum atomic E-state index is 6.52. The summed E-state index contributed by atoms with van der Waals surface area (Å²) in [5, 5.41) is 9.27. The molecule has 37 heavy (non-hydrogen) atoms. The zero-order chi connectivity index (χ0) is 25.7. The van der Waals surface area contributed by atoms with Gasteiger partial charge in [-0.15, -0.1) is 0 Å². The van der Waals surface area contributed by atoms with E-state index in [9.17, 15) is 0 Å². The third kappa shape index (κ3) is 5.62. The summed E-state index contributed by atoms with van der Waals surface area (Å²) in [6, 6.07) is 15.2. The molecule has 3 aromatic rings. The van der Waals surface area contributed by atoms with Gasteiger partial charge in [0.2, 0.25) is 0 Å². The number of benzene rings is 2. The maximum absolute atomic E-state index is 6.52. The summed E-state index contributed by atoms with van der Waals surface area (Å²) < 4.78 is 0. The number of aliphatic imine (C=N–C) groups is 1. The number of nitrogens with two attached hydrogens (primary N) is 1. The number of imidazole rings is 1. The van der Waals surface area contributed by atoms with Gasteiger partial charge in [-0.2, -0.15) is 0 Å². The molecule has 6 heteroatoms. The predicted octanol–water partition coefficient (Wildman–Crippen LogP) is 4.31. The van der Waals surface area contributed by atoms with Crippen molar-refractivity contribution >= 4 is 22.2 Å². The van der Waals surface area contributed by atoms with E-state index in [1.165, 1.54) is 17.2 Å². The van der Waals surface area contributed by atoms with E-state index >= 15 is 0 Å². The molecule has 1 unspecified atom stereocenters. The molecule has 3 atom stereocenters. The number of hydrogen-bond acceptors (Lipinski definition) is 4. The van der Waals surface area contributed by atoms with Crippen LogP contribution in [0.1, 0.15) is 62.7 Å².